The SMILES string of the molecule is CC(=O)Nc1nc(C)c(-c2csc(Nc3ccc(C(=O)O)cc3)n2)s1. The summed E-state index contributed by atoms with van der Waals surface area (Å²) in [5, 5.41) is 17.9. The number of carbonyl (C=O) groups is 2. The van der Waals surface area contributed by atoms with Gasteiger partial charge in [-0.05, 0) is 31.2 Å². The molecule has 1 amide bonds. The molecule has 3 N–H and O–H groups in total. The van der Waals surface area contributed by atoms with E-state index in [1.807, 2.05) is 12.3 Å². The van der Waals surface area contributed by atoms with Gasteiger partial charge in [-0.1, -0.05) is 11.3 Å². The van der Waals surface area contributed by atoms with Crippen molar-refractivity contribution in [3.05, 3.63) is 40.9 Å². The first-order valence-electron chi connectivity index (χ1n) is 7.23. The van der Waals surface area contributed by atoms with Gasteiger partial charge in [0.15, 0.2) is 10.3 Å². The molecule has 0 spiro atoms. The maximum Gasteiger partial charge on any atom is 0.335 e. The smallest absolute Gasteiger partial charge is 0.335 e. The minimum atomic E-state index is -0.960. The van der Waals surface area contributed by atoms with Gasteiger partial charge in [-0.15, -0.1) is 11.3 Å². The quantitative estimate of drug-likeness (QED) is 0.624. The molecule has 0 aliphatic heterocycles. The monoisotopic (exact) mass is 374 g/mol. The summed E-state index contributed by atoms with van der Waals surface area (Å²) < 4.78 is 0. The fourth-order valence-electron chi connectivity index (χ4n) is 2.09. The summed E-state index contributed by atoms with van der Waals surface area (Å²) in [7, 11) is 0. The molecule has 0 bridgehead atoms. The van der Waals surface area contributed by atoms with E-state index < -0.39 is 5.97 Å². The number of benzene rings is 1. The van der Waals surface area contributed by atoms with E-state index in [-0.39, 0.29) is 11.5 Å². The fourth-order valence-corrected chi connectivity index (χ4v) is 3.86. The standard InChI is InChI=1S/C16H14N4O3S2/c1-8-13(25-16(17-8)18-9(2)21)12-7-24-15(20-12)19-11-5-3-10(4-6-11)14(22)23/h3-7H,1-2H3,(H,19,20)(H,22,23)(H,17,18,21). The van der Waals surface area contributed by atoms with Crippen LogP contribution in [0.4, 0.5) is 16.0 Å². The summed E-state index contributed by atoms with van der Waals surface area (Å²) in [5.41, 5.74) is 2.57. The summed E-state index contributed by atoms with van der Waals surface area (Å²) in [6.45, 7) is 3.31. The van der Waals surface area contributed by atoms with Crippen LogP contribution in [0.5, 0.6) is 0 Å². The van der Waals surface area contributed by atoms with Crippen LogP contribution in [0.2, 0.25) is 0 Å². The zero-order valence-corrected chi connectivity index (χ0v) is 15.0. The van der Waals surface area contributed by atoms with Crippen LogP contribution in [0, 0.1) is 6.92 Å². The third-order valence-corrected chi connectivity index (χ3v) is 5.05. The van der Waals surface area contributed by atoms with Crippen molar-refractivity contribution < 1.29 is 14.7 Å². The van der Waals surface area contributed by atoms with Gasteiger partial charge in [-0.3, -0.25) is 4.79 Å². The first-order valence-corrected chi connectivity index (χ1v) is 8.93. The summed E-state index contributed by atoms with van der Waals surface area (Å²) >= 11 is 2.81. The number of carbonyl (C=O) groups excluding carboxylic acids is 1. The number of rotatable bonds is 5. The number of anilines is 3. The Labute approximate surface area is 151 Å². The highest BCUT2D eigenvalue weighted by Crippen LogP contribution is 2.35. The van der Waals surface area contributed by atoms with Gasteiger partial charge < -0.3 is 15.7 Å². The third kappa shape index (κ3) is 4.01. The molecule has 0 aliphatic rings. The van der Waals surface area contributed by atoms with Crippen LogP contribution in [0.15, 0.2) is 29.6 Å². The van der Waals surface area contributed by atoms with E-state index in [2.05, 4.69) is 20.6 Å². The molecule has 0 saturated heterocycles. The molecule has 0 atom stereocenters. The second kappa shape index (κ2) is 6.99. The lowest BCUT2D eigenvalue weighted by Gasteiger charge is -2.02. The van der Waals surface area contributed by atoms with Crippen molar-refractivity contribution in [2.24, 2.45) is 0 Å². The summed E-state index contributed by atoms with van der Waals surface area (Å²) in [6, 6.07) is 6.45. The highest BCUT2D eigenvalue weighted by Gasteiger charge is 2.14. The predicted octanol–water partition coefficient (Wildman–Crippen LogP) is 3.98. The minimum absolute atomic E-state index is 0.161. The van der Waals surface area contributed by atoms with Crippen LogP contribution in [-0.2, 0) is 4.79 Å². The number of thiazole rings is 2. The number of nitrogens with one attached hydrogen (secondary N) is 2. The molecular weight excluding hydrogens is 360 g/mol. The summed E-state index contributed by atoms with van der Waals surface area (Å²) in [5.74, 6) is -1.12. The van der Waals surface area contributed by atoms with Crippen LogP contribution < -0.4 is 10.6 Å². The average Bonchev–Trinajstić information content (AvgIpc) is 3.13. The molecule has 0 saturated carbocycles. The number of hydrogen-bond donors (Lipinski definition) is 3. The molecule has 0 fully saturated rings. The van der Waals surface area contributed by atoms with E-state index in [0.717, 1.165) is 22.0 Å². The molecular formula is C16H14N4O3S2. The van der Waals surface area contributed by atoms with Gasteiger partial charge in [-0.2, -0.15) is 0 Å². The number of carboxylic acid groups (broad SMARTS) is 1. The summed E-state index contributed by atoms with van der Waals surface area (Å²) in [4.78, 5) is 31.8. The van der Waals surface area contributed by atoms with Crippen LogP contribution in [0.3, 0.4) is 0 Å². The highest BCUT2D eigenvalue weighted by molar-refractivity contribution is 7.20. The second-order valence-corrected chi connectivity index (χ2v) is 7.02. The highest BCUT2D eigenvalue weighted by atomic mass is 32.1. The van der Waals surface area contributed by atoms with Crippen LogP contribution in [0.1, 0.15) is 23.0 Å². The van der Waals surface area contributed by atoms with E-state index in [1.54, 1.807) is 12.1 Å². The van der Waals surface area contributed by atoms with Gasteiger partial charge in [0.05, 0.1) is 21.8 Å². The van der Waals surface area contributed by atoms with Gasteiger partial charge in [0.25, 0.3) is 0 Å². The normalized spacial score (nSPS) is 10.5. The zero-order chi connectivity index (χ0) is 18.0. The molecule has 7 nitrogen and oxygen atoms in total. The third-order valence-electron chi connectivity index (χ3n) is 3.20. The molecule has 9 heteroatoms. The van der Waals surface area contributed by atoms with Crippen molar-refractivity contribution in [2.75, 3.05) is 10.6 Å². The molecule has 2 aromatic heterocycles. The molecule has 128 valence electrons. The van der Waals surface area contributed by atoms with Gasteiger partial charge in [0, 0.05) is 18.0 Å². The number of hydrogen-bond acceptors (Lipinski definition) is 7. The Hall–Kier alpha value is -2.78. The Morgan fingerprint density at radius 3 is 2.48 bits per heavy atom. The Balaban J connectivity index is 1.77. The van der Waals surface area contributed by atoms with Crippen molar-refractivity contribution in [3.8, 4) is 10.6 Å². The Kier molecular flexibility index (Phi) is 4.77. The molecule has 2 heterocycles. The molecule has 3 aromatic rings. The molecule has 0 radical (unpaired) electrons. The van der Waals surface area contributed by atoms with E-state index in [1.165, 1.54) is 41.7 Å². The van der Waals surface area contributed by atoms with Crippen molar-refractivity contribution >= 4 is 50.5 Å². The average molecular weight is 374 g/mol. The summed E-state index contributed by atoms with van der Waals surface area (Å²) in [6.07, 6.45) is 0. The van der Waals surface area contributed by atoms with Crippen molar-refractivity contribution in [2.45, 2.75) is 13.8 Å². The molecule has 0 unspecified atom stereocenters. The molecule has 25 heavy (non-hydrogen) atoms. The van der Waals surface area contributed by atoms with Crippen LogP contribution >= 0.6 is 22.7 Å². The maximum atomic E-state index is 11.1. The van der Waals surface area contributed by atoms with E-state index >= 15 is 0 Å². The van der Waals surface area contributed by atoms with E-state index in [9.17, 15) is 9.59 Å². The number of nitrogens with zero attached hydrogens (tertiary/aromatic N) is 2. The predicted molar refractivity (Wildman–Crippen MR) is 98.9 cm³/mol. The largest absolute Gasteiger partial charge is 0.478 e. The van der Waals surface area contributed by atoms with Gasteiger partial charge >= 0.3 is 5.97 Å². The van der Waals surface area contributed by atoms with Crippen LogP contribution in [0.25, 0.3) is 10.6 Å². The van der Waals surface area contributed by atoms with Gasteiger partial charge in [0.1, 0.15) is 0 Å². The van der Waals surface area contributed by atoms with Gasteiger partial charge in [0.2, 0.25) is 5.91 Å². The molecule has 1 aromatic carbocycles. The first kappa shape index (κ1) is 17.1. The number of aryl methyl sites for hydroxylation is 1. The number of aromatic nitrogens is 2. The Morgan fingerprint density at radius 1 is 1.12 bits per heavy atom. The molecule has 0 aliphatic carbocycles. The second-order valence-electron chi connectivity index (χ2n) is 5.16. The molecule has 3 rings (SSSR count). The van der Waals surface area contributed by atoms with Crippen molar-refractivity contribution in [1.29, 1.82) is 0 Å². The minimum Gasteiger partial charge on any atom is -0.478 e. The number of amides is 1. The number of aromatic carboxylic acids is 1. The van der Waals surface area contributed by atoms with Gasteiger partial charge in [-0.25, -0.2) is 14.8 Å². The van der Waals surface area contributed by atoms with E-state index in [4.69, 9.17) is 5.11 Å². The Bertz CT molecular complexity index is 931. The van der Waals surface area contributed by atoms with Crippen molar-refractivity contribution in [3.63, 3.8) is 0 Å². The van der Waals surface area contributed by atoms with E-state index in [0.29, 0.717) is 10.3 Å². The lowest BCUT2D eigenvalue weighted by molar-refractivity contribution is -0.114. The van der Waals surface area contributed by atoms with Crippen LogP contribution in [-0.4, -0.2) is 27.0 Å². The lowest BCUT2D eigenvalue weighted by atomic mass is 10.2. The zero-order valence-electron chi connectivity index (χ0n) is 13.4. The number of carboxylic acids is 1. The fraction of sp³-hybridized carbons (Fsp3) is 0.125. The lowest BCUT2D eigenvalue weighted by Crippen LogP contribution is -2.04. The first-order chi connectivity index (χ1) is 11.9. The Morgan fingerprint density at radius 2 is 1.84 bits per heavy atom. The van der Waals surface area contributed by atoms with Crippen molar-refractivity contribution in [1.82, 2.24) is 9.97 Å². The maximum absolute atomic E-state index is 11.1. The topological polar surface area (TPSA) is 104 Å².